The summed E-state index contributed by atoms with van der Waals surface area (Å²) >= 11 is 1.32. The second-order valence-electron chi connectivity index (χ2n) is 7.53. The van der Waals surface area contributed by atoms with Gasteiger partial charge in [-0.15, -0.1) is 11.3 Å². The van der Waals surface area contributed by atoms with E-state index < -0.39 is 0 Å². The van der Waals surface area contributed by atoms with Gasteiger partial charge in [0.25, 0.3) is 11.4 Å². The Balaban J connectivity index is 1.69. The molecular weight excluding hydrogens is 414 g/mol. The molecule has 0 aliphatic rings. The van der Waals surface area contributed by atoms with Crippen molar-refractivity contribution in [1.29, 1.82) is 0 Å². The Labute approximate surface area is 182 Å². The van der Waals surface area contributed by atoms with Gasteiger partial charge in [0.05, 0.1) is 16.6 Å². The van der Waals surface area contributed by atoms with Crippen LogP contribution in [0, 0.1) is 13.8 Å². The Morgan fingerprint density at radius 1 is 1.29 bits per heavy atom. The molecule has 0 saturated heterocycles. The third-order valence-corrected chi connectivity index (χ3v) is 6.45. The van der Waals surface area contributed by atoms with Crippen molar-refractivity contribution in [3.8, 4) is 22.2 Å². The van der Waals surface area contributed by atoms with Gasteiger partial charge in [-0.2, -0.15) is 4.98 Å². The SMILES string of the molecule is CC[C@@H](C)NC(=O)Cn1cnc2sc(-c3nc(-c4ccccc4C)no3)c(C)c2c1=O. The van der Waals surface area contributed by atoms with Gasteiger partial charge >= 0.3 is 0 Å². The van der Waals surface area contributed by atoms with E-state index in [0.717, 1.165) is 17.5 Å². The first-order chi connectivity index (χ1) is 14.9. The van der Waals surface area contributed by atoms with Gasteiger partial charge in [-0.05, 0) is 38.3 Å². The number of aromatic nitrogens is 4. The summed E-state index contributed by atoms with van der Waals surface area (Å²) in [6, 6.07) is 7.85. The van der Waals surface area contributed by atoms with Crippen molar-refractivity contribution in [3.63, 3.8) is 0 Å². The zero-order valence-electron chi connectivity index (χ0n) is 17.8. The molecule has 0 aliphatic carbocycles. The Morgan fingerprint density at radius 3 is 2.81 bits per heavy atom. The van der Waals surface area contributed by atoms with Crippen LogP contribution < -0.4 is 10.9 Å². The predicted molar refractivity (Wildman–Crippen MR) is 120 cm³/mol. The summed E-state index contributed by atoms with van der Waals surface area (Å²) in [5.41, 5.74) is 2.39. The summed E-state index contributed by atoms with van der Waals surface area (Å²) < 4.78 is 6.84. The standard InChI is InChI=1S/C22H23N5O3S/c1-5-13(3)24-16(28)10-27-11-23-21-17(22(27)29)14(4)18(31-21)20-25-19(26-30-20)15-9-7-6-8-12(15)2/h6-9,11,13H,5,10H2,1-4H3,(H,24,28)/t13-/m1/s1. The van der Waals surface area contributed by atoms with Gasteiger partial charge in [-0.3, -0.25) is 14.2 Å². The van der Waals surface area contributed by atoms with Crippen LogP contribution in [0.2, 0.25) is 0 Å². The number of benzene rings is 1. The lowest BCUT2D eigenvalue weighted by Gasteiger charge is -2.12. The third kappa shape index (κ3) is 4.00. The van der Waals surface area contributed by atoms with Crippen LogP contribution in [0.4, 0.5) is 0 Å². The third-order valence-electron chi connectivity index (χ3n) is 5.26. The van der Waals surface area contributed by atoms with Gasteiger partial charge in [-0.1, -0.05) is 36.3 Å². The number of hydrogen-bond donors (Lipinski definition) is 1. The summed E-state index contributed by atoms with van der Waals surface area (Å²) in [5, 5.41) is 7.45. The van der Waals surface area contributed by atoms with E-state index in [9.17, 15) is 9.59 Å². The minimum atomic E-state index is -0.261. The highest BCUT2D eigenvalue weighted by Crippen LogP contribution is 2.35. The minimum Gasteiger partial charge on any atom is -0.352 e. The van der Waals surface area contributed by atoms with Crippen molar-refractivity contribution >= 4 is 27.5 Å². The maximum atomic E-state index is 13.0. The largest absolute Gasteiger partial charge is 0.352 e. The van der Waals surface area contributed by atoms with E-state index in [-0.39, 0.29) is 24.1 Å². The van der Waals surface area contributed by atoms with Crippen LogP contribution in [0.15, 0.2) is 39.9 Å². The molecule has 0 saturated carbocycles. The molecule has 0 aliphatic heterocycles. The molecule has 0 unspecified atom stereocenters. The number of nitrogens with one attached hydrogen (secondary N) is 1. The molecule has 1 aromatic carbocycles. The molecule has 9 heteroatoms. The predicted octanol–water partition coefficient (Wildman–Crippen LogP) is 3.71. The van der Waals surface area contributed by atoms with Crippen LogP contribution in [0.3, 0.4) is 0 Å². The quantitative estimate of drug-likeness (QED) is 0.493. The molecule has 8 nitrogen and oxygen atoms in total. The number of aryl methyl sites for hydroxylation is 2. The van der Waals surface area contributed by atoms with Gasteiger partial charge in [0.15, 0.2) is 0 Å². The normalized spacial score (nSPS) is 12.3. The zero-order chi connectivity index (χ0) is 22.1. The molecule has 31 heavy (non-hydrogen) atoms. The molecule has 3 heterocycles. The summed E-state index contributed by atoms with van der Waals surface area (Å²) in [6.45, 7) is 7.66. The number of carbonyl (C=O) groups excluding carboxylic acids is 1. The van der Waals surface area contributed by atoms with E-state index >= 15 is 0 Å². The topological polar surface area (TPSA) is 103 Å². The first kappa shape index (κ1) is 20.9. The fourth-order valence-corrected chi connectivity index (χ4v) is 4.36. The fraction of sp³-hybridized carbons (Fsp3) is 0.318. The Morgan fingerprint density at radius 2 is 2.06 bits per heavy atom. The van der Waals surface area contributed by atoms with Gasteiger partial charge < -0.3 is 9.84 Å². The highest BCUT2D eigenvalue weighted by molar-refractivity contribution is 7.22. The Kier molecular flexibility index (Phi) is 5.69. The fourth-order valence-electron chi connectivity index (χ4n) is 3.30. The highest BCUT2D eigenvalue weighted by Gasteiger charge is 2.21. The molecule has 4 aromatic rings. The van der Waals surface area contributed by atoms with Gasteiger partial charge in [-0.25, -0.2) is 4.98 Å². The summed E-state index contributed by atoms with van der Waals surface area (Å²) in [7, 11) is 0. The number of carbonyl (C=O) groups is 1. The van der Waals surface area contributed by atoms with Crippen LogP contribution in [-0.2, 0) is 11.3 Å². The number of amides is 1. The summed E-state index contributed by atoms with van der Waals surface area (Å²) in [6.07, 6.45) is 2.23. The van der Waals surface area contributed by atoms with Crippen molar-refractivity contribution in [2.45, 2.75) is 46.7 Å². The molecule has 0 fully saturated rings. The number of nitrogens with zero attached hydrogens (tertiary/aromatic N) is 4. The maximum absolute atomic E-state index is 13.0. The number of fused-ring (bicyclic) bond motifs is 1. The Bertz CT molecular complexity index is 1320. The van der Waals surface area contributed by atoms with E-state index in [4.69, 9.17) is 4.52 Å². The average molecular weight is 438 g/mol. The van der Waals surface area contributed by atoms with Crippen molar-refractivity contribution in [1.82, 2.24) is 25.0 Å². The molecular formula is C22H23N5O3S. The van der Waals surface area contributed by atoms with Crippen LogP contribution in [0.5, 0.6) is 0 Å². The number of thiophene rings is 1. The van der Waals surface area contributed by atoms with Crippen LogP contribution in [-0.4, -0.2) is 31.6 Å². The number of rotatable bonds is 6. The highest BCUT2D eigenvalue weighted by atomic mass is 32.1. The molecule has 0 bridgehead atoms. The van der Waals surface area contributed by atoms with Gasteiger partial charge in [0, 0.05) is 11.6 Å². The van der Waals surface area contributed by atoms with Crippen LogP contribution >= 0.6 is 11.3 Å². The van der Waals surface area contributed by atoms with E-state index in [0.29, 0.717) is 32.4 Å². The van der Waals surface area contributed by atoms with Crippen molar-refractivity contribution < 1.29 is 9.32 Å². The molecule has 0 spiro atoms. The molecule has 3 aromatic heterocycles. The molecule has 1 atom stereocenters. The van der Waals surface area contributed by atoms with E-state index in [1.165, 1.54) is 22.2 Å². The first-order valence-corrected chi connectivity index (χ1v) is 10.9. The molecule has 4 rings (SSSR count). The summed E-state index contributed by atoms with van der Waals surface area (Å²) in [4.78, 5) is 35.5. The smallest absolute Gasteiger partial charge is 0.268 e. The average Bonchev–Trinajstić information content (AvgIpc) is 3.35. The molecule has 1 N–H and O–H groups in total. The van der Waals surface area contributed by atoms with Crippen LogP contribution in [0.25, 0.3) is 32.4 Å². The second kappa shape index (κ2) is 8.43. The number of hydrogen-bond acceptors (Lipinski definition) is 7. The lowest BCUT2D eigenvalue weighted by Crippen LogP contribution is -2.37. The zero-order valence-corrected chi connectivity index (χ0v) is 18.6. The summed E-state index contributed by atoms with van der Waals surface area (Å²) in [5.74, 6) is 0.627. The van der Waals surface area contributed by atoms with Crippen molar-refractivity contribution in [2.75, 3.05) is 0 Å². The monoisotopic (exact) mass is 437 g/mol. The lowest BCUT2D eigenvalue weighted by molar-refractivity contribution is -0.122. The molecule has 1 amide bonds. The van der Waals surface area contributed by atoms with Crippen molar-refractivity contribution in [2.24, 2.45) is 0 Å². The van der Waals surface area contributed by atoms with Crippen molar-refractivity contribution in [3.05, 3.63) is 52.1 Å². The maximum Gasteiger partial charge on any atom is 0.268 e. The minimum absolute atomic E-state index is 0.0503. The molecule has 160 valence electrons. The first-order valence-electron chi connectivity index (χ1n) is 10.1. The lowest BCUT2D eigenvalue weighted by atomic mass is 10.1. The second-order valence-corrected chi connectivity index (χ2v) is 8.53. The van der Waals surface area contributed by atoms with Crippen LogP contribution in [0.1, 0.15) is 31.4 Å². The van der Waals surface area contributed by atoms with E-state index in [1.807, 2.05) is 52.0 Å². The van der Waals surface area contributed by atoms with Gasteiger partial charge in [0.2, 0.25) is 11.7 Å². The molecule has 0 radical (unpaired) electrons. The van der Waals surface area contributed by atoms with E-state index in [2.05, 4.69) is 20.4 Å². The van der Waals surface area contributed by atoms with E-state index in [1.54, 1.807) is 0 Å². The van der Waals surface area contributed by atoms with Gasteiger partial charge in [0.1, 0.15) is 11.4 Å². The Hall–Kier alpha value is -3.33.